The number of nitrogens with one attached hydrogen (secondary N) is 1. The van der Waals surface area contributed by atoms with Gasteiger partial charge in [0.1, 0.15) is 6.54 Å². The fourth-order valence-electron chi connectivity index (χ4n) is 3.61. The Kier molecular flexibility index (Phi) is 1.91. The van der Waals surface area contributed by atoms with E-state index in [1.165, 1.54) is 28.2 Å². The van der Waals surface area contributed by atoms with Crippen LogP contribution in [-0.4, -0.2) is 10.5 Å². The first-order valence-corrected chi connectivity index (χ1v) is 6.67. The van der Waals surface area contributed by atoms with Gasteiger partial charge in [-0.1, -0.05) is 25.2 Å². The third kappa shape index (κ3) is 1.17. The van der Waals surface area contributed by atoms with E-state index >= 15 is 0 Å². The number of rotatable bonds is 0. The van der Waals surface area contributed by atoms with E-state index < -0.39 is 0 Å². The van der Waals surface area contributed by atoms with Gasteiger partial charge < -0.3 is 9.88 Å². The zero-order chi connectivity index (χ0) is 12.3. The first-order chi connectivity index (χ1) is 8.75. The van der Waals surface area contributed by atoms with Crippen molar-refractivity contribution >= 4 is 17.7 Å². The molecule has 0 fully saturated rings. The Morgan fingerprint density at radius 2 is 2.33 bits per heavy atom. The summed E-state index contributed by atoms with van der Waals surface area (Å²) in [5, 5.41) is 5.65. The Balaban J connectivity index is 2.18. The number of hydrogen-bond acceptors (Lipinski definition) is 1. The molecule has 92 valence electrons. The molecule has 1 aromatic rings. The summed E-state index contributed by atoms with van der Waals surface area (Å²) in [5.41, 5.74) is 3.95. The van der Waals surface area contributed by atoms with Gasteiger partial charge in [0.15, 0.2) is 0 Å². The average Bonchev–Trinajstić information content (AvgIpc) is 2.76. The van der Waals surface area contributed by atoms with E-state index in [2.05, 4.69) is 35.0 Å². The van der Waals surface area contributed by atoms with Gasteiger partial charge in [-0.2, -0.15) is 0 Å². The van der Waals surface area contributed by atoms with E-state index in [1.54, 1.807) is 0 Å². The number of hydrogen-bond donors (Lipinski definition) is 1. The van der Waals surface area contributed by atoms with Crippen LogP contribution in [0.15, 0.2) is 12.2 Å². The van der Waals surface area contributed by atoms with E-state index in [0.717, 1.165) is 18.5 Å². The average molecular weight is 240 g/mol. The van der Waals surface area contributed by atoms with Gasteiger partial charge in [-0.3, -0.25) is 4.79 Å². The van der Waals surface area contributed by atoms with Gasteiger partial charge in [0.2, 0.25) is 5.91 Å². The summed E-state index contributed by atoms with van der Waals surface area (Å²) in [4.78, 5) is 11.9. The highest BCUT2D eigenvalue weighted by Gasteiger charge is 2.29. The van der Waals surface area contributed by atoms with Crippen molar-refractivity contribution in [2.75, 3.05) is 0 Å². The molecule has 0 spiro atoms. The first kappa shape index (κ1) is 10.2. The largest absolute Gasteiger partial charge is 0.333 e. The van der Waals surface area contributed by atoms with Crippen LogP contribution in [0.1, 0.15) is 36.9 Å². The molecule has 3 heteroatoms. The Morgan fingerprint density at radius 1 is 1.44 bits per heavy atom. The highest BCUT2D eigenvalue weighted by molar-refractivity contribution is 5.85. The summed E-state index contributed by atoms with van der Waals surface area (Å²) in [6, 6.07) is 0. The van der Waals surface area contributed by atoms with Crippen molar-refractivity contribution in [2.45, 2.75) is 38.6 Å². The Hall–Kier alpha value is -1.77. The first-order valence-electron chi connectivity index (χ1n) is 6.67. The summed E-state index contributed by atoms with van der Waals surface area (Å²) in [6.45, 7) is 2.76. The monoisotopic (exact) mass is 240 g/mol. The van der Waals surface area contributed by atoms with Crippen molar-refractivity contribution < 1.29 is 4.79 Å². The standard InChI is InChI=1S/C15H16N2O/c1-9-6-7-11-10-4-2-3-5-12-15(10)17(14(9)11)8-13(18)16-12/h2-4,9H,5-8H2,1H3,(H,16,18). The molecule has 1 amide bonds. The van der Waals surface area contributed by atoms with E-state index in [4.69, 9.17) is 0 Å². The minimum absolute atomic E-state index is 0.122. The minimum atomic E-state index is 0.122. The van der Waals surface area contributed by atoms with Crippen molar-refractivity contribution in [3.63, 3.8) is 0 Å². The third-order valence-corrected chi connectivity index (χ3v) is 4.34. The maximum absolute atomic E-state index is 11.9. The molecule has 1 unspecified atom stereocenters. The lowest BCUT2D eigenvalue weighted by molar-refractivity contribution is -0.120. The van der Waals surface area contributed by atoms with Crippen molar-refractivity contribution in [3.8, 4) is 0 Å². The van der Waals surface area contributed by atoms with Crippen LogP contribution in [0.4, 0.5) is 0 Å². The number of fused-ring (bicyclic) bond motifs is 3. The van der Waals surface area contributed by atoms with Crippen LogP contribution in [-0.2, 0) is 17.8 Å². The molecule has 0 saturated heterocycles. The number of nitrogens with zero attached hydrogens (tertiary/aromatic N) is 1. The molecule has 1 N–H and O–H groups in total. The molecule has 2 aliphatic carbocycles. The molecule has 18 heavy (non-hydrogen) atoms. The van der Waals surface area contributed by atoms with Gasteiger partial charge in [-0.25, -0.2) is 0 Å². The molecule has 0 radical (unpaired) electrons. The van der Waals surface area contributed by atoms with Gasteiger partial charge >= 0.3 is 0 Å². The lowest BCUT2D eigenvalue weighted by Crippen LogP contribution is -2.45. The zero-order valence-electron chi connectivity index (χ0n) is 10.5. The fourth-order valence-corrected chi connectivity index (χ4v) is 3.61. The summed E-state index contributed by atoms with van der Waals surface area (Å²) in [5.74, 6) is 0.702. The maximum Gasteiger partial charge on any atom is 0.244 e. The van der Waals surface area contributed by atoms with Crippen LogP contribution in [0, 0.1) is 0 Å². The molecule has 1 aromatic heterocycles. The van der Waals surface area contributed by atoms with Crippen molar-refractivity contribution in [2.24, 2.45) is 0 Å². The molecule has 2 heterocycles. The van der Waals surface area contributed by atoms with Crippen LogP contribution in [0.2, 0.25) is 0 Å². The molecule has 1 aliphatic heterocycles. The Labute approximate surface area is 105 Å². The molecule has 0 aromatic carbocycles. The number of carbonyl (C=O) groups excluding carboxylic acids is 1. The van der Waals surface area contributed by atoms with E-state index in [-0.39, 0.29) is 5.91 Å². The fraction of sp³-hybridized carbons (Fsp3) is 0.400. The molecular weight excluding hydrogens is 224 g/mol. The number of allylic oxidation sites excluding steroid dienone is 1. The van der Waals surface area contributed by atoms with Crippen LogP contribution >= 0.6 is 0 Å². The second kappa shape index (κ2) is 3.37. The highest BCUT2D eigenvalue weighted by Crippen LogP contribution is 2.30. The second-order valence-corrected chi connectivity index (χ2v) is 5.48. The summed E-state index contributed by atoms with van der Waals surface area (Å²) >= 11 is 0. The Morgan fingerprint density at radius 3 is 3.22 bits per heavy atom. The molecule has 0 saturated carbocycles. The maximum atomic E-state index is 11.9. The summed E-state index contributed by atoms with van der Waals surface area (Å²) in [7, 11) is 0. The van der Waals surface area contributed by atoms with E-state index in [0.29, 0.717) is 12.5 Å². The summed E-state index contributed by atoms with van der Waals surface area (Å²) in [6.07, 6.45) is 9.65. The topological polar surface area (TPSA) is 34.0 Å². The third-order valence-electron chi connectivity index (χ3n) is 4.34. The van der Waals surface area contributed by atoms with E-state index in [1.807, 2.05) is 0 Å². The molecule has 3 nitrogen and oxygen atoms in total. The van der Waals surface area contributed by atoms with Crippen LogP contribution in [0.5, 0.6) is 0 Å². The number of amides is 1. The lowest BCUT2D eigenvalue weighted by Gasteiger charge is -2.19. The molecule has 3 aliphatic rings. The Bertz CT molecular complexity index is 706. The molecule has 0 bridgehead atoms. The molecular formula is C15H16N2O. The van der Waals surface area contributed by atoms with Gasteiger partial charge in [0.05, 0.1) is 5.35 Å². The minimum Gasteiger partial charge on any atom is -0.333 e. The predicted molar refractivity (Wildman–Crippen MR) is 70.2 cm³/mol. The van der Waals surface area contributed by atoms with Gasteiger partial charge in [-0.15, -0.1) is 0 Å². The predicted octanol–water partition coefficient (Wildman–Crippen LogP) is 0.516. The quantitative estimate of drug-likeness (QED) is 0.704. The molecule has 1 atom stereocenters. The van der Waals surface area contributed by atoms with Crippen molar-refractivity contribution in [3.05, 3.63) is 34.0 Å². The zero-order valence-corrected chi connectivity index (χ0v) is 10.5. The molecule has 4 rings (SSSR count). The van der Waals surface area contributed by atoms with Crippen LogP contribution in [0.3, 0.4) is 0 Å². The van der Waals surface area contributed by atoms with Gasteiger partial charge in [0, 0.05) is 23.0 Å². The highest BCUT2D eigenvalue weighted by atomic mass is 16.2. The smallest absolute Gasteiger partial charge is 0.244 e. The van der Waals surface area contributed by atoms with Gasteiger partial charge in [-0.05, 0) is 24.3 Å². The van der Waals surface area contributed by atoms with Gasteiger partial charge in [0.25, 0.3) is 0 Å². The van der Waals surface area contributed by atoms with Crippen molar-refractivity contribution in [1.29, 1.82) is 0 Å². The SMILES string of the molecule is CC1CCc2c1n1c3c2=CC=CCC=3NC(=O)C1. The normalized spacial score (nSPS) is 24.2. The van der Waals surface area contributed by atoms with Crippen LogP contribution in [0.25, 0.3) is 11.8 Å². The van der Waals surface area contributed by atoms with Crippen molar-refractivity contribution in [1.82, 2.24) is 9.88 Å². The number of carbonyl (C=O) groups is 1. The van der Waals surface area contributed by atoms with Crippen LogP contribution < -0.4 is 15.9 Å². The van der Waals surface area contributed by atoms with E-state index in [9.17, 15) is 4.79 Å². The summed E-state index contributed by atoms with van der Waals surface area (Å²) < 4.78 is 2.26. The number of aromatic nitrogens is 1. The second-order valence-electron chi connectivity index (χ2n) is 5.48. The lowest BCUT2D eigenvalue weighted by atomic mass is 10.1.